The summed E-state index contributed by atoms with van der Waals surface area (Å²) in [6.45, 7) is 4.15. The fourth-order valence-electron chi connectivity index (χ4n) is 1.91. The van der Waals surface area contributed by atoms with Crippen molar-refractivity contribution < 1.29 is 5.11 Å². The lowest BCUT2D eigenvalue weighted by atomic mass is 9.93. The highest BCUT2D eigenvalue weighted by Crippen LogP contribution is 2.29. The average Bonchev–Trinajstić information content (AvgIpc) is 2.36. The molecule has 1 N–H and O–H groups in total. The van der Waals surface area contributed by atoms with Gasteiger partial charge in [-0.2, -0.15) is 0 Å². The third-order valence-corrected chi connectivity index (χ3v) is 3.20. The second-order valence-electron chi connectivity index (χ2n) is 4.28. The lowest BCUT2D eigenvalue weighted by Crippen LogP contribution is -2.08. The summed E-state index contributed by atoms with van der Waals surface area (Å²) >= 11 is 0. The third-order valence-electron chi connectivity index (χ3n) is 3.20. The topological polar surface area (TPSA) is 33.1 Å². The number of fused-ring (bicyclic) bond motifs is 1. The second-order valence-corrected chi connectivity index (χ2v) is 4.28. The summed E-state index contributed by atoms with van der Waals surface area (Å²) in [4.78, 5) is 4.19. The molecule has 0 spiro atoms. The fourth-order valence-corrected chi connectivity index (χ4v) is 1.91. The minimum Gasteiger partial charge on any atom is -0.388 e. The molecule has 0 aliphatic rings. The Balaban J connectivity index is 2.52. The first-order valence-corrected chi connectivity index (χ1v) is 5.74. The van der Waals surface area contributed by atoms with E-state index in [2.05, 4.69) is 18.8 Å². The Kier molecular flexibility index (Phi) is 3.20. The molecule has 0 radical (unpaired) electrons. The first-order chi connectivity index (χ1) is 7.74. The van der Waals surface area contributed by atoms with Crippen molar-refractivity contribution in [3.05, 3.63) is 42.2 Å². The maximum absolute atomic E-state index is 10.2. The van der Waals surface area contributed by atoms with Crippen LogP contribution in [0.5, 0.6) is 0 Å². The van der Waals surface area contributed by atoms with E-state index in [1.807, 2.05) is 30.5 Å². The molecule has 1 heterocycles. The van der Waals surface area contributed by atoms with Crippen molar-refractivity contribution in [1.82, 2.24) is 4.98 Å². The normalized spacial score (nSPS) is 14.9. The summed E-state index contributed by atoms with van der Waals surface area (Å²) in [5, 5.41) is 12.4. The van der Waals surface area contributed by atoms with Crippen LogP contribution >= 0.6 is 0 Å². The molecule has 0 fully saturated rings. The second kappa shape index (κ2) is 4.62. The van der Waals surface area contributed by atoms with Crippen LogP contribution in [-0.2, 0) is 0 Å². The molecule has 0 saturated heterocycles. The highest BCUT2D eigenvalue weighted by Gasteiger charge is 2.17. The van der Waals surface area contributed by atoms with Gasteiger partial charge in [-0.1, -0.05) is 44.5 Å². The van der Waals surface area contributed by atoms with E-state index in [9.17, 15) is 5.11 Å². The molecule has 1 aromatic carbocycles. The highest BCUT2D eigenvalue weighted by atomic mass is 16.3. The monoisotopic (exact) mass is 215 g/mol. The fraction of sp³-hybridized carbons (Fsp3) is 0.357. The minimum atomic E-state index is -0.427. The molecule has 1 aromatic heterocycles. The number of hydrogen-bond donors (Lipinski definition) is 1. The van der Waals surface area contributed by atoms with Gasteiger partial charge in [-0.3, -0.25) is 4.98 Å². The first kappa shape index (κ1) is 11.1. The third kappa shape index (κ3) is 1.93. The number of nitrogens with zero attached hydrogens (tertiary/aromatic N) is 1. The summed E-state index contributed by atoms with van der Waals surface area (Å²) in [7, 11) is 0. The number of benzene rings is 1. The predicted molar refractivity (Wildman–Crippen MR) is 66.2 cm³/mol. The molecule has 2 unspecified atom stereocenters. The Hall–Kier alpha value is -1.41. The zero-order chi connectivity index (χ0) is 11.5. The number of aromatic nitrogens is 1. The van der Waals surface area contributed by atoms with Crippen molar-refractivity contribution in [2.24, 2.45) is 5.92 Å². The summed E-state index contributed by atoms with van der Waals surface area (Å²) in [5.74, 6) is 0.257. The van der Waals surface area contributed by atoms with Gasteiger partial charge in [0.05, 0.1) is 6.10 Å². The van der Waals surface area contributed by atoms with E-state index in [0.29, 0.717) is 0 Å². The standard InChI is InChI=1S/C14H17NO/c1-3-10(2)14(16)13-9-15-8-11-6-4-5-7-12(11)13/h4-10,14,16H,3H2,1-2H3. The zero-order valence-corrected chi connectivity index (χ0v) is 9.72. The molecule has 0 amide bonds. The number of hydrogen-bond acceptors (Lipinski definition) is 2. The van der Waals surface area contributed by atoms with Crippen LogP contribution in [0.15, 0.2) is 36.7 Å². The lowest BCUT2D eigenvalue weighted by Gasteiger charge is -2.18. The van der Waals surface area contributed by atoms with Crippen molar-refractivity contribution in [3.63, 3.8) is 0 Å². The zero-order valence-electron chi connectivity index (χ0n) is 9.72. The molecule has 16 heavy (non-hydrogen) atoms. The molecule has 2 rings (SSSR count). The number of pyridine rings is 1. The molecular weight excluding hydrogens is 198 g/mol. The minimum absolute atomic E-state index is 0.257. The quantitative estimate of drug-likeness (QED) is 0.852. The van der Waals surface area contributed by atoms with Gasteiger partial charge in [0.15, 0.2) is 0 Å². The Morgan fingerprint density at radius 2 is 2.00 bits per heavy atom. The van der Waals surface area contributed by atoms with Crippen LogP contribution in [0.2, 0.25) is 0 Å². The van der Waals surface area contributed by atoms with Crippen molar-refractivity contribution in [2.75, 3.05) is 0 Å². The van der Waals surface area contributed by atoms with E-state index in [4.69, 9.17) is 0 Å². The van der Waals surface area contributed by atoms with Crippen LogP contribution < -0.4 is 0 Å². The lowest BCUT2D eigenvalue weighted by molar-refractivity contribution is 0.116. The van der Waals surface area contributed by atoms with Gasteiger partial charge in [-0.05, 0) is 11.3 Å². The Morgan fingerprint density at radius 3 is 2.75 bits per heavy atom. The van der Waals surface area contributed by atoms with Crippen molar-refractivity contribution in [3.8, 4) is 0 Å². The molecular formula is C14H17NO. The molecule has 0 bridgehead atoms. The summed E-state index contributed by atoms with van der Waals surface area (Å²) in [5.41, 5.74) is 0.937. The van der Waals surface area contributed by atoms with E-state index >= 15 is 0 Å². The maximum atomic E-state index is 10.2. The smallest absolute Gasteiger partial charge is 0.0836 e. The van der Waals surface area contributed by atoms with Gasteiger partial charge in [-0.15, -0.1) is 0 Å². The predicted octanol–water partition coefficient (Wildman–Crippen LogP) is 3.31. The number of rotatable bonds is 3. The molecule has 0 aliphatic heterocycles. The van der Waals surface area contributed by atoms with E-state index in [0.717, 1.165) is 22.8 Å². The number of aliphatic hydroxyl groups is 1. The van der Waals surface area contributed by atoms with E-state index in [-0.39, 0.29) is 5.92 Å². The van der Waals surface area contributed by atoms with Crippen LogP contribution in [0, 0.1) is 5.92 Å². The molecule has 2 nitrogen and oxygen atoms in total. The maximum Gasteiger partial charge on any atom is 0.0836 e. The van der Waals surface area contributed by atoms with Gasteiger partial charge >= 0.3 is 0 Å². The van der Waals surface area contributed by atoms with Crippen LogP contribution in [0.3, 0.4) is 0 Å². The first-order valence-electron chi connectivity index (χ1n) is 5.74. The Morgan fingerprint density at radius 1 is 1.25 bits per heavy atom. The Bertz CT molecular complexity index is 476. The van der Waals surface area contributed by atoms with Crippen LogP contribution in [0.25, 0.3) is 10.8 Å². The van der Waals surface area contributed by atoms with E-state index in [1.165, 1.54) is 0 Å². The Labute approximate surface area is 96.0 Å². The molecule has 84 valence electrons. The van der Waals surface area contributed by atoms with E-state index in [1.54, 1.807) is 6.20 Å². The average molecular weight is 215 g/mol. The molecule has 2 heteroatoms. The van der Waals surface area contributed by atoms with Crippen molar-refractivity contribution in [2.45, 2.75) is 26.4 Å². The van der Waals surface area contributed by atoms with Gasteiger partial charge in [0.1, 0.15) is 0 Å². The summed E-state index contributed by atoms with van der Waals surface area (Å²) < 4.78 is 0. The van der Waals surface area contributed by atoms with Gasteiger partial charge in [0.2, 0.25) is 0 Å². The SMILES string of the molecule is CCC(C)C(O)c1cncc2ccccc12. The van der Waals surface area contributed by atoms with Gasteiger partial charge in [-0.25, -0.2) is 0 Å². The van der Waals surface area contributed by atoms with Gasteiger partial charge < -0.3 is 5.11 Å². The highest BCUT2D eigenvalue weighted by molar-refractivity contribution is 5.84. The summed E-state index contributed by atoms with van der Waals surface area (Å²) in [6, 6.07) is 8.05. The largest absolute Gasteiger partial charge is 0.388 e. The van der Waals surface area contributed by atoms with Crippen LogP contribution in [0.4, 0.5) is 0 Å². The van der Waals surface area contributed by atoms with Crippen LogP contribution in [0.1, 0.15) is 31.9 Å². The van der Waals surface area contributed by atoms with Crippen molar-refractivity contribution in [1.29, 1.82) is 0 Å². The van der Waals surface area contributed by atoms with Gasteiger partial charge in [0.25, 0.3) is 0 Å². The van der Waals surface area contributed by atoms with Crippen LogP contribution in [-0.4, -0.2) is 10.1 Å². The molecule has 2 atom stereocenters. The van der Waals surface area contributed by atoms with E-state index < -0.39 is 6.10 Å². The molecule has 2 aromatic rings. The molecule has 0 saturated carbocycles. The summed E-state index contributed by atoms with van der Waals surface area (Å²) in [6.07, 6.45) is 4.15. The van der Waals surface area contributed by atoms with Crippen molar-refractivity contribution >= 4 is 10.8 Å². The molecule has 0 aliphatic carbocycles. The number of aliphatic hydroxyl groups excluding tert-OH is 1. The van der Waals surface area contributed by atoms with Gasteiger partial charge in [0, 0.05) is 23.3 Å².